The van der Waals surface area contributed by atoms with Crippen molar-refractivity contribution in [1.29, 1.82) is 5.26 Å². The molecule has 0 fully saturated rings. The van der Waals surface area contributed by atoms with Crippen LogP contribution in [0.1, 0.15) is 22.8 Å². The summed E-state index contributed by atoms with van der Waals surface area (Å²) in [6.45, 7) is 2.79. The number of rotatable bonds is 1. The molecule has 0 aromatic heterocycles. The highest BCUT2D eigenvalue weighted by Crippen LogP contribution is 2.34. The first-order valence-electron chi connectivity index (χ1n) is 6.27. The van der Waals surface area contributed by atoms with E-state index in [9.17, 15) is 0 Å². The van der Waals surface area contributed by atoms with Crippen LogP contribution in [0.25, 0.3) is 0 Å². The van der Waals surface area contributed by atoms with Gasteiger partial charge in [-0.05, 0) is 42.3 Å². The van der Waals surface area contributed by atoms with Gasteiger partial charge in [0.25, 0.3) is 0 Å². The van der Waals surface area contributed by atoms with E-state index in [2.05, 4.69) is 24.4 Å². The number of anilines is 1. The summed E-state index contributed by atoms with van der Waals surface area (Å²) in [5, 5.41) is 12.2. The molecule has 94 valence electrons. The van der Waals surface area contributed by atoms with Crippen molar-refractivity contribution in [3.05, 3.63) is 59.2 Å². The van der Waals surface area contributed by atoms with E-state index in [4.69, 9.17) is 10.00 Å². The third-order valence-corrected chi connectivity index (χ3v) is 3.30. The molecule has 0 saturated heterocycles. The zero-order chi connectivity index (χ0) is 13.2. The molecule has 1 unspecified atom stereocenters. The lowest BCUT2D eigenvalue weighted by Gasteiger charge is -2.28. The van der Waals surface area contributed by atoms with Crippen LogP contribution in [0.5, 0.6) is 5.75 Å². The third kappa shape index (κ3) is 2.25. The van der Waals surface area contributed by atoms with Crippen LogP contribution < -0.4 is 10.1 Å². The molecule has 1 N–H and O–H groups in total. The maximum absolute atomic E-state index is 8.81. The molecular formula is C16H14N2O. The minimum atomic E-state index is -0.0120. The molecule has 0 aliphatic carbocycles. The molecule has 1 heterocycles. The topological polar surface area (TPSA) is 45.0 Å². The molecule has 0 amide bonds. The molecule has 3 rings (SSSR count). The number of hydrogen-bond donors (Lipinski definition) is 1. The summed E-state index contributed by atoms with van der Waals surface area (Å²) in [5.41, 5.74) is 3.97. The number of nitrogens with zero attached hydrogens (tertiary/aromatic N) is 1. The fraction of sp³-hybridized carbons (Fsp3) is 0.188. The Balaban J connectivity index is 1.86. The molecule has 0 radical (unpaired) electrons. The number of nitriles is 1. The summed E-state index contributed by atoms with van der Waals surface area (Å²) in [7, 11) is 0. The van der Waals surface area contributed by atoms with Crippen molar-refractivity contribution in [3.63, 3.8) is 0 Å². The Kier molecular flexibility index (Phi) is 2.85. The van der Waals surface area contributed by atoms with E-state index in [-0.39, 0.29) is 6.10 Å². The highest BCUT2D eigenvalue weighted by molar-refractivity contribution is 5.59. The van der Waals surface area contributed by atoms with Crippen LogP contribution >= 0.6 is 0 Å². The van der Waals surface area contributed by atoms with Gasteiger partial charge in [0, 0.05) is 0 Å². The van der Waals surface area contributed by atoms with Crippen LogP contribution in [-0.4, -0.2) is 6.54 Å². The van der Waals surface area contributed by atoms with E-state index in [1.807, 2.05) is 36.4 Å². The normalized spacial score (nSPS) is 16.7. The van der Waals surface area contributed by atoms with E-state index in [1.165, 1.54) is 5.56 Å². The quantitative estimate of drug-likeness (QED) is 0.843. The SMILES string of the molecule is Cc1ccc2c(c1)OC(c1ccc(C#N)cc1)CN2. The fourth-order valence-electron chi connectivity index (χ4n) is 2.23. The maximum Gasteiger partial charge on any atom is 0.143 e. The first-order valence-corrected chi connectivity index (χ1v) is 6.27. The molecule has 19 heavy (non-hydrogen) atoms. The van der Waals surface area contributed by atoms with E-state index < -0.39 is 0 Å². The zero-order valence-corrected chi connectivity index (χ0v) is 10.7. The second-order valence-electron chi connectivity index (χ2n) is 4.72. The van der Waals surface area contributed by atoms with E-state index in [0.29, 0.717) is 5.56 Å². The van der Waals surface area contributed by atoms with Gasteiger partial charge in [0.15, 0.2) is 0 Å². The molecule has 3 nitrogen and oxygen atoms in total. The van der Waals surface area contributed by atoms with Crippen LogP contribution in [0.4, 0.5) is 5.69 Å². The van der Waals surface area contributed by atoms with Gasteiger partial charge in [-0.25, -0.2) is 0 Å². The molecule has 0 spiro atoms. The minimum Gasteiger partial charge on any atom is -0.482 e. The molecular weight excluding hydrogens is 236 g/mol. The molecule has 0 bridgehead atoms. The Morgan fingerprint density at radius 2 is 2.00 bits per heavy atom. The van der Waals surface area contributed by atoms with Gasteiger partial charge in [-0.3, -0.25) is 0 Å². The van der Waals surface area contributed by atoms with Crippen LogP contribution in [0.15, 0.2) is 42.5 Å². The summed E-state index contributed by atoms with van der Waals surface area (Å²) >= 11 is 0. The number of benzene rings is 2. The Hall–Kier alpha value is -2.47. The van der Waals surface area contributed by atoms with Crippen molar-refractivity contribution in [2.75, 3.05) is 11.9 Å². The van der Waals surface area contributed by atoms with Crippen molar-refractivity contribution >= 4 is 5.69 Å². The van der Waals surface area contributed by atoms with Gasteiger partial charge < -0.3 is 10.1 Å². The minimum absolute atomic E-state index is 0.0120. The molecule has 2 aromatic rings. The summed E-state index contributed by atoms with van der Waals surface area (Å²) in [6.07, 6.45) is -0.0120. The number of ether oxygens (including phenoxy) is 1. The fourth-order valence-corrected chi connectivity index (χ4v) is 2.23. The molecule has 3 heteroatoms. The van der Waals surface area contributed by atoms with Crippen molar-refractivity contribution in [2.24, 2.45) is 0 Å². The van der Waals surface area contributed by atoms with Gasteiger partial charge in [0.1, 0.15) is 11.9 Å². The number of hydrogen-bond acceptors (Lipinski definition) is 3. The first kappa shape index (κ1) is 11.6. The van der Waals surface area contributed by atoms with Crippen LogP contribution in [0, 0.1) is 18.3 Å². The number of aryl methyl sites for hydroxylation is 1. The third-order valence-electron chi connectivity index (χ3n) is 3.30. The van der Waals surface area contributed by atoms with Gasteiger partial charge in [0.05, 0.1) is 23.9 Å². The lowest BCUT2D eigenvalue weighted by molar-refractivity contribution is 0.210. The highest BCUT2D eigenvalue weighted by atomic mass is 16.5. The van der Waals surface area contributed by atoms with E-state index in [0.717, 1.165) is 23.5 Å². The smallest absolute Gasteiger partial charge is 0.143 e. The van der Waals surface area contributed by atoms with Gasteiger partial charge >= 0.3 is 0 Å². The van der Waals surface area contributed by atoms with E-state index in [1.54, 1.807) is 0 Å². The van der Waals surface area contributed by atoms with Gasteiger partial charge in [0.2, 0.25) is 0 Å². The molecule has 1 aliphatic rings. The van der Waals surface area contributed by atoms with Gasteiger partial charge in [-0.1, -0.05) is 18.2 Å². The molecule has 1 atom stereocenters. The molecule has 2 aromatic carbocycles. The van der Waals surface area contributed by atoms with Crippen LogP contribution in [-0.2, 0) is 0 Å². The van der Waals surface area contributed by atoms with Crippen LogP contribution in [0.2, 0.25) is 0 Å². The first-order chi connectivity index (χ1) is 9.26. The van der Waals surface area contributed by atoms with Crippen molar-refractivity contribution in [3.8, 4) is 11.8 Å². The van der Waals surface area contributed by atoms with Gasteiger partial charge in [-0.15, -0.1) is 0 Å². The summed E-state index contributed by atoms with van der Waals surface area (Å²) in [6, 6.07) is 15.8. The number of fused-ring (bicyclic) bond motifs is 1. The molecule has 0 saturated carbocycles. The number of nitrogens with one attached hydrogen (secondary N) is 1. The standard InChI is InChI=1S/C16H14N2O/c1-11-2-7-14-15(8-11)19-16(10-18-14)13-5-3-12(9-17)4-6-13/h2-8,16,18H,10H2,1H3. The van der Waals surface area contributed by atoms with Crippen LogP contribution in [0.3, 0.4) is 0 Å². The maximum atomic E-state index is 8.81. The second kappa shape index (κ2) is 4.66. The Morgan fingerprint density at radius 1 is 1.21 bits per heavy atom. The van der Waals surface area contributed by atoms with Gasteiger partial charge in [-0.2, -0.15) is 5.26 Å². The average molecular weight is 250 g/mol. The lowest BCUT2D eigenvalue weighted by Crippen LogP contribution is -2.23. The van der Waals surface area contributed by atoms with E-state index >= 15 is 0 Å². The summed E-state index contributed by atoms with van der Waals surface area (Å²) in [5.74, 6) is 0.889. The zero-order valence-electron chi connectivity index (χ0n) is 10.7. The monoisotopic (exact) mass is 250 g/mol. The Bertz CT molecular complexity index is 641. The molecule has 1 aliphatic heterocycles. The largest absolute Gasteiger partial charge is 0.482 e. The predicted molar refractivity (Wildman–Crippen MR) is 74.2 cm³/mol. The van der Waals surface area contributed by atoms with Crippen molar-refractivity contribution in [2.45, 2.75) is 13.0 Å². The second-order valence-corrected chi connectivity index (χ2v) is 4.72. The Morgan fingerprint density at radius 3 is 2.74 bits per heavy atom. The average Bonchev–Trinajstić information content (AvgIpc) is 2.46. The van der Waals surface area contributed by atoms with Crippen molar-refractivity contribution in [1.82, 2.24) is 0 Å². The highest BCUT2D eigenvalue weighted by Gasteiger charge is 2.20. The summed E-state index contributed by atoms with van der Waals surface area (Å²) < 4.78 is 6.03. The lowest BCUT2D eigenvalue weighted by atomic mass is 10.1. The predicted octanol–water partition coefficient (Wildman–Crippen LogP) is 3.41. The van der Waals surface area contributed by atoms with Crippen molar-refractivity contribution < 1.29 is 4.74 Å². The summed E-state index contributed by atoms with van der Waals surface area (Å²) in [4.78, 5) is 0. The Labute approximate surface area is 112 Å².